The number of hydrogen-bond donors (Lipinski definition) is 2. The molecule has 0 saturated heterocycles. The van der Waals surface area contributed by atoms with E-state index >= 15 is 0 Å². The van der Waals surface area contributed by atoms with E-state index in [-0.39, 0.29) is 12.1 Å². The molecule has 0 aliphatic carbocycles. The van der Waals surface area contributed by atoms with Gasteiger partial charge in [0, 0.05) is 35.7 Å². The summed E-state index contributed by atoms with van der Waals surface area (Å²) < 4.78 is 7.46. The lowest BCUT2D eigenvalue weighted by Crippen LogP contribution is -2.35. The number of anilines is 1. The Balaban J connectivity index is 1.43. The van der Waals surface area contributed by atoms with Gasteiger partial charge in [-0.05, 0) is 13.0 Å². The maximum absolute atomic E-state index is 12.4. The molecule has 1 aromatic carbocycles. The molecule has 1 atom stereocenters. The van der Waals surface area contributed by atoms with Crippen molar-refractivity contribution in [3.05, 3.63) is 46.6 Å². The van der Waals surface area contributed by atoms with Crippen LogP contribution < -0.4 is 15.4 Å². The fraction of sp³-hybridized carbons (Fsp3) is 0.278. The van der Waals surface area contributed by atoms with Gasteiger partial charge in [-0.2, -0.15) is 5.10 Å². The van der Waals surface area contributed by atoms with Gasteiger partial charge in [-0.25, -0.2) is 9.78 Å². The number of para-hydroxylation sites is 1. The largest absolute Gasteiger partial charge is 0.492 e. The molecule has 3 heterocycles. The van der Waals surface area contributed by atoms with Crippen LogP contribution in [0.25, 0.3) is 10.6 Å². The Labute approximate surface area is 165 Å². The Bertz CT molecular complexity index is 970. The second-order valence-corrected chi connectivity index (χ2v) is 7.33. The van der Waals surface area contributed by atoms with E-state index in [0.29, 0.717) is 29.6 Å². The Morgan fingerprint density at radius 2 is 2.37 bits per heavy atom. The van der Waals surface area contributed by atoms with Gasteiger partial charge in [0.15, 0.2) is 0 Å². The summed E-state index contributed by atoms with van der Waals surface area (Å²) in [5, 5.41) is 13.2. The topological polar surface area (TPSA) is 81.1 Å². The Hall–Kier alpha value is -2.58. The number of nitrogens with zero attached hydrogens (tertiary/aromatic N) is 3. The highest BCUT2D eigenvalue weighted by molar-refractivity contribution is 7.13. The lowest BCUT2D eigenvalue weighted by Gasteiger charge is -2.27. The molecular weight excluding hydrogens is 386 g/mol. The van der Waals surface area contributed by atoms with Crippen LogP contribution in [0, 0.1) is 0 Å². The first-order valence-corrected chi connectivity index (χ1v) is 9.87. The van der Waals surface area contributed by atoms with Crippen molar-refractivity contribution >= 4 is 34.8 Å². The number of halogens is 1. The molecule has 0 radical (unpaired) electrons. The van der Waals surface area contributed by atoms with Crippen molar-refractivity contribution in [2.24, 2.45) is 0 Å². The molecule has 2 amide bonds. The molecule has 3 aromatic rings. The molecule has 4 rings (SSSR count). The summed E-state index contributed by atoms with van der Waals surface area (Å²) in [5.74, 6) is 1.15. The molecule has 0 saturated carbocycles. The number of thiazole rings is 1. The Morgan fingerprint density at radius 1 is 1.48 bits per heavy atom. The van der Waals surface area contributed by atoms with E-state index in [1.54, 1.807) is 12.3 Å². The number of fused-ring (bicyclic) bond motifs is 1. The maximum atomic E-state index is 12.4. The summed E-state index contributed by atoms with van der Waals surface area (Å²) in [7, 11) is 0. The van der Waals surface area contributed by atoms with E-state index in [9.17, 15) is 4.79 Å². The number of amides is 2. The van der Waals surface area contributed by atoms with E-state index in [1.165, 1.54) is 11.3 Å². The molecule has 9 heteroatoms. The standard InChI is InChI=1S/C18H18ClN5O2S/c1-2-24-9-11(8-20-24)17-22-15(10-27-17)23-18(25)21-14-6-7-26-16-12(14)4-3-5-13(16)19/h3-5,8-10,14H,2,6-7H2,1H3,(H2,21,23,25)/t14-/m0/s1. The first-order chi connectivity index (χ1) is 13.1. The monoisotopic (exact) mass is 403 g/mol. The van der Waals surface area contributed by atoms with Crippen molar-refractivity contribution < 1.29 is 9.53 Å². The van der Waals surface area contributed by atoms with E-state index in [1.807, 2.05) is 35.3 Å². The van der Waals surface area contributed by atoms with E-state index in [4.69, 9.17) is 16.3 Å². The van der Waals surface area contributed by atoms with Gasteiger partial charge in [0.25, 0.3) is 0 Å². The van der Waals surface area contributed by atoms with Crippen molar-refractivity contribution in [3.63, 3.8) is 0 Å². The zero-order chi connectivity index (χ0) is 18.8. The van der Waals surface area contributed by atoms with Crippen LogP contribution in [-0.4, -0.2) is 27.4 Å². The third-order valence-electron chi connectivity index (χ3n) is 4.28. The van der Waals surface area contributed by atoms with Crippen LogP contribution >= 0.6 is 22.9 Å². The van der Waals surface area contributed by atoms with Gasteiger partial charge >= 0.3 is 6.03 Å². The van der Waals surface area contributed by atoms with Crippen LogP contribution in [0.3, 0.4) is 0 Å². The van der Waals surface area contributed by atoms with Gasteiger partial charge in [0.1, 0.15) is 16.6 Å². The van der Waals surface area contributed by atoms with Gasteiger partial charge < -0.3 is 10.1 Å². The van der Waals surface area contributed by atoms with E-state index < -0.39 is 0 Å². The molecule has 0 unspecified atom stereocenters. The number of hydrogen-bond acceptors (Lipinski definition) is 5. The number of rotatable bonds is 4. The van der Waals surface area contributed by atoms with Crippen molar-refractivity contribution in [2.45, 2.75) is 25.9 Å². The number of carbonyl (C=O) groups is 1. The van der Waals surface area contributed by atoms with E-state index in [2.05, 4.69) is 20.7 Å². The zero-order valence-corrected chi connectivity index (χ0v) is 16.2. The summed E-state index contributed by atoms with van der Waals surface area (Å²) in [5.41, 5.74) is 1.82. The highest BCUT2D eigenvalue weighted by Crippen LogP contribution is 2.37. The van der Waals surface area contributed by atoms with Crippen molar-refractivity contribution in [1.82, 2.24) is 20.1 Å². The second kappa shape index (κ2) is 7.58. The summed E-state index contributed by atoms with van der Waals surface area (Å²) in [6, 6.07) is 5.08. The SMILES string of the molecule is CCn1cc(-c2nc(NC(=O)N[C@H]3CCOc4c(Cl)cccc43)cs2)cn1. The number of benzene rings is 1. The lowest BCUT2D eigenvalue weighted by molar-refractivity contribution is 0.232. The number of nitrogens with one attached hydrogen (secondary N) is 2. The Morgan fingerprint density at radius 3 is 3.19 bits per heavy atom. The van der Waals surface area contributed by atoms with Gasteiger partial charge in [-0.1, -0.05) is 23.7 Å². The number of ether oxygens (including phenoxy) is 1. The first-order valence-electron chi connectivity index (χ1n) is 8.61. The second-order valence-electron chi connectivity index (χ2n) is 6.07. The molecule has 0 spiro atoms. The number of aryl methyl sites for hydroxylation is 1. The third kappa shape index (κ3) is 3.77. The highest BCUT2D eigenvalue weighted by atomic mass is 35.5. The molecule has 0 fully saturated rings. The van der Waals surface area contributed by atoms with Crippen molar-refractivity contribution in [3.8, 4) is 16.3 Å². The van der Waals surface area contributed by atoms with Crippen LogP contribution in [0.2, 0.25) is 5.02 Å². The number of carbonyl (C=O) groups excluding carboxylic acids is 1. The third-order valence-corrected chi connectivity index (χ3v) is 5.47. The normalized spacial score (nSPS) is 15.7. The summed E-state index contributed by atoms with van der Waals surface area (Å²) in [6.07, 6.45) is 4.39. The van der Waals surface area contributed by atoms with Crippen LogP contribution in [0.1, 0.15) is 24.9 Å². The fourth-order valence-corrected chi connectivity index (χ4v) is 3.92. The number of urea groups is 1. The lowest BCUT2D eigenvalue weighted by atomic mass is 10.0. The van der Waals surface area contributed by atoms with Crippen LogP contribution in [0.4, 0.5) is 10.6 Å². The average molecular weight is 404 g/mol. The molecule has 7 nitrogen and oxygen atoms in total. The highest BCUT2D eigenvalue weighted by Gasteiger charge is 2.25. The molecule has 1 aliphatic rings. The minimum atomic E-state index is -0.311. The molecule has 27 heavy (non-hydrogen) atoms. The molecule has 2 N–H and O–H groups in total. The van der Waals surface area contributed by atoms with Gasteiger partial charge in [0.2, 0.25) is 0 Å². The van der Waals surface area contributed by atoms with E-state index in [0.717, 1.165) is 22.7 Å². The number of aromatic nitrogens is 3. The van der Waals surface area contributed by atoms with Gasteiger partial charge in [-0.15, -0.1) is 11.3 Å². The van der Waals surface area contributed by atoms with Crippen LogP contribution in [-0.2, 0) is 6.54 Å². The minimum absolute atomic E-state index is 0.159. The van der Waals surface area contributed by atoms with Crippen LogP contribution in [0.5, 0.6) is 5.75 Å². The van der Waals surface area contributed by atoms with Crippen LogP contribution in [0.15, 0.2) is 36.0 Å². The molecule has 2 aromatic heterocycles. The first kappa shape index (κ1) is 17.8. The Kier molecular flexibility index (Phi) is 5.00. The smallest absolute Gasteiger partial charge is 0.320 e. The van der Waals surface area contributed by atoms with Gasteiger partial charge in [-0.3, -0.25) is 10.00 Å². The molecule has 1 aliphatic heterocycles. The molecule has 0 bridgehead atoms. The maximum Gasteiger partial charge on any atom is 0.320 e. The van der Waals surface area contributed by atoms with Crippen molar-refractivity contribution in [2.75, 3.05) is 11.9 Å². The van der Waals surface area contributed by atoms with Gasteiger partial charge in [0.05, 0.1) is 23.9 Å². The summed E-state index contributed by atoms with van der Waals surface area (Å²) in [6.45, 7) is 3.33. The predicted molar refractivity (Wildman–Crippen MR) is 105 cm³/mol. The predicted octanol–water partition coefficient (Wildman–Crippen LogP) is 4.33. The minimum Gasteiger partial charge on any atom is -0.492 e. The molecular formula is C18H18ClN5O2S. The summed E-state index contributed by atoms with van der Waals surface area (Å²) in [4.78, 5) is 16.9. The zero-order valence-electron chi connectivity index (χ0n) is 14.6. The quantitative estimate of drug-likeness (QED) is 0.679. The fourth-order valence-electron chi connectivity index (χ4n) is 2.96. The summed E-state index contributed by atoms with van der Waals surface area (Å²) >= 11 is 7.64. The average Bonchev–Trinajstić information content (AvgIpc) is 3.31. The molecule has 140 valence electrons. The van der Waals surface area contributed by atoms with Crippen molar-refractivity contribution in [1.29, 1.82) is 0 Å².